The van der Waals surface area contributed by atoms with E-state index < -0.39 is 11.9 Å². The van der Waals surface area contributed by atoms with Crippen molar-refractivity contribution in [3.63, 3.8) is 0 Å². The van der Waals surface area contributed by atoms with Crippen LogP contribution in [0.4, 0.5) is 0 Å². The molecule has 7 nitrogen and oxygen atoms in total. The molecule has 1 aliphatic carbocycles. The number of nitrogens with zero attached hydrogens (tertiary/aromatic N) is 2. The average Bonchev–Trinajstić information content (AvgIpc) is 2.67. The van der Waals surface area contributed by atoms with Crippen LogP contribution in [0.15, 0.2) is 5.10 Å². The topological polar surface area (TPSA) is 99.1 Å². The highest BCUT2D eigenvalue weighted by Crippen LogP contribution is 2.24. The third kappa shape index (κ3) is 3.80. The van der Waals surface area contributed by atoms with Gasteiger partial charge in [-0.05, 0) is 12.8 Å². The van der Waals surface area contributed by atoms with E-state index in [9.17, 15) is 19.5 Å². The van der Waals surface area contributed by atoms with Crippen LogP contribution >= 0.6 is 0 Å². The summed E-state index contributed by atoms with van der Waals surface area (Å²) in [5.74, 6) is -1.88. The number of nitrogens with one attached hydrogen (secondary N) is 1. The van der Waals surface area contributed by atoms with Crippen molar-refractivity contribution < 1.29 is 19.5 Å². The van der Waals surface area contributed by atoms with E-state index in [0.717, 1.165) is 19.3 Å². The van der Waals surface area contributed by atoms with Crippen molar-refractivity contribution in [2.24, 2.45) is 11.0 Å². The number of carboxylic acids is 1. The van der Waals surface area contributed by atoms with Crippen LogP contribution in [0.25, 0.3) is 0 Å². The molecule has 2 amide bonds. The number of hydrogen-bond donors (Lipinski definition) is 2. The fourth-order valence-electron chi connectivity index (χ4n) is 2.86. The normalized spacial score (nSPS) is 26.8. The van der Waals surface area contributed by atoms with Gasteiger partial charge in [0.1, 0.15) is 5.71 Å². The Labute approximate surface area is 123 Å². The van der Waals surface area contributed by atoms with Crippen molar-refractivity contribution in [3.8, 4) is 0 Å². The van der Waals surface area contributed by atoms with Crippen LogP contribution in [-0.2, 0) is 14.4 Å². The molecular formula is C14H21N3O4. The van der Waals surface area contributed by atoms with Crippen molar-refractivity contribution in [2.45, 2.75) is 51.0 Å². The summed E-state index contributed by atoms with van der Waals surface area (Å²) in [5, 5.41) is 17.2. The Bertz CT molecular complexity index is 475. The highest BCUT2D eigenvalue weighted by Gasteiger charge is 2.32. The molecule has 0 aromatic carbocycles. The molecule has 21 heavy (non-hydrogen) atoms. The molecule has 2 atom stereocenters. The van der Waals surface area contributed by atoms with E-state index >= 15 is 0 Å². The molecule has 0 bridgehead atoms. The van der Waals surface area contributed by atoms with Gasteiger partial charge in [-0.15, -0.1) is 0 Å². The number of hydrogen-bond acceptors (Lipinski definition) is 4. The van der Waals surface area contributed by atoms with E-state index in [1.165, 1.54) is 12.1 Å². The maximum Gasteiger partial charge on any atom is 0.308 e. The van der Waals surface area contributed by atoms with Crippen LogP contribution in [0.5, 0.6) is 0 Å². The zero-order chi connectivity index (χ0) is 15.4. The first-order valence-corrected chi connectivity index (χ1v) is 7.36. The second kappa shape index (κ2) is 6.69. The molecule has 0 aromatic heterocycles. The molecule has 2 N–H and O–H groups in total. The summed E-state index contributed by atoms with van der Waals surface area (Å²) in [6, 6.07) is -0.358. The SMILES string of the molecule is CN1N=C(C(=O)N[C@H]2CCCCC[C@H]2C(=O)O)CCC1=O. The Morgan fingerprint density at radius 1 is 1.24 bits per heavy atom. The molecule has 1 fully saturated rings. The Morgan fingerprint density at radius 2 is 1.95 bits per heavy atom. The lowest BCUT2D eigenvalue weighted by molar-refractivity contribution is -0.143. The molecular weight excluding hydrogens is 274 g/mol. The van der Waals surface area contributed by atoms with Gasteiger partial charge in [0.2, 0.25) is 5.91 Å². The van der Waals surface area contributed by atoms with Gasteiger partial charge in [0.15, 0.2) is 0 Å². The number of carbonyl (C=O) groups is 3. The highest BCUT2D eigenvalue weighted by molar-refractivity contribution is 6.39. The number of aliphatic carboxylic acids is 1. The van der Waals surface area contributed by atoms with Crippen LogP contribution in [0, 0.1) is 5.92 Å². The Hall–Kier alpha value is -1.92. The zero-order valence-electron chi connectivity index (χ0n) is 12.2. The van der Waals surface area contributed by atoms with E-state index in [4.69, 9.17) is 0 Å². The van der Waals surface area contributed by atoms with Gasteiger partial charge in [-0.25, -0.2) is 5.01 Å². The van der Waals surface area contributed by atoms with Gasteiger partial charge >= 0.3 is 5.97 Å². The minimum atomic E-state index is -0.861. The van der Waals surface area contributed by atoms with Gasteiger partial charge < -0.3 is 10.4 Å². The summed E-state index contributed by atoms with van der Waals surface area (Å²) in [4.78, 5) is 34.9. The minimum absolute atomic E-state index is 0.121. The van der Waals surface area contributed by atoms with Gasteiger partial charge in [0, 0.05) is 25.9 Å². The predicted molar refractivity (Wildman–Crippen MR) is 75.6 cm³/mol. The smallest absolute Gasteiger partial charge is 0.308 e. The number of carbonyl (C=O) groups excluding carboxylic acids is 2. The molecule has 2 aliphatic rings. The predicted octanol–water partition coefficient (Wildman–Crippen LogP) is 0.744. The van der Waals surface area contributed by atoms with Crippen molar-refractivity contribution in [1.29, 1.82) is 0 Å². The van der Waals surface area contributed by atoms with Crippen molar-refractivity contribution in [1.82, 2.24) is 10.3 Å². The van der Waals surface area contributed by atoms with Gasteiger partial charge in [-0.2, -0.15) is 5.10 Å². The zero-order valence-corrected chi connectivity index (χ0v) is 12.2. The first-order valence-electron chi connectivity index (χ1n) is 7.36. The summed E-state index contributed by atoms with van der Waals surface area (Å²) >= 11 is 0. The van der Waals surface area contributed by atoms with E-state index in [1.807, 2.05) is 0 Å². The molecule has 0 spiro atoms. The molecule has 0 radical (unpaired) electrons. The lowest BCUT2D eigenvalue weighted by Gasteiger charge is -2.25. The number of carboxylic acid groups (broad SMARTS) is 1. The van der Waals surface area contributed by atoms with Gasteiger partial charge in [0.05, 0.1) is 5.92 Å². The van der Waals surface area contributed by atoms with Crippen LogP contribution < -0.4 is 5.32 Å². The number of amides is 2. The van der Waals surface area contributed by atoms with Crippen molar-refractivity contribution in [2.75, 3.05) is 7.05 Å². The first kappa shape index (κ1) is 15.5. The van der Waals surface area contributed by atoms with E-state index in [2.05, 4.69) is 10.4 Å². The first-order chi connectivity index (χ1) is 9.99. The van der Waals surface area contributed by atoms with Gasteiger partial charge in [-0.1, -0.05) is 19.3 Å². The fraction of sp³-hybridized carbons (Fsp3) is 0.714. The lowest BCUT2D eigenvalue weighted by atomic mass is 9.94. The summed E-state index contributed by atoms with van der Waals surface area (Å²) in [6.07, 6.45) is 4.61. The number of hydrazone groups is 1. The van der Waals surface area contributed by atoms with E-state index in [1.54, 1.807) is 0 Å². The monoisotopic (exact) mass is 295 g/mol. The summed E-state index contributed by atoms with van der Waals surface area (Å²) in [5.41, 5.74) is 0.297. The molecule has 1 heterocycles. The molecule has 2 rings (SSSR count). The molecule has 0 saturated heterocycles. The molecule has 7 heteroatoms. The van der Waals surface area contributed by atoms with E-state index in [0.29, 0.717) is 25.0 Å². The van der Waals surface area contributed by atoms with Crippen molar-refractivity contribution >= 4 is 23.5 Å². The van der Waals surface area contributed by atoms with Crippen LogP contribution in [-0.4, -0.2) is 46.7 Å². The summed E-state index contributed by atoms with van der Waals surface area (Å²) in [7, 11) is 1.51. The molecule has 1 aliphatic heterocycles. The second-order valence-corrected chi connectivity index (χ2v) is 5.63. The van der Waals surface area contributed by atoms with Gasteiger partial charge in [-0.3, -0.25) is 14.4 Å². The van der Waals surface area contributed by atoms with Crippen molar-refractivity contribution in [3.05, 3.63) is 0 Å². The largest absolute Gasteiger partial charge is 0.481 e. The molecule has 1 saturated carbocycles. The minimum Gasteiger partial charge on any atom is -0.481 e. The Balaban J connectivity index is 2.04. The highest BCUT2D eigenvalue weighted by atomic mass is 16.4. The molecule has 0 aromatic rings. The lowest BCUT2D eigenvalue weighted by Crippen LogP contribution is -2.46. The van der Waals surface area contributed by atoms with E-state index in [-0.39, 0.29) is 24.3 Å². The Kier molecular flexibility index (Phi) is 4.93. The maximum absolute atomic E-state index is 12.2. The van der Waals surface area contributed by atoms with Crippen LogP contribution in [0.2, 0.25) is 0 Å². The maximum atomic E-state index is 12.2. The Morgan fingerprint density at radius 3 is 2.62 bits per heavy atom. The third-order valence-corrected chi connectivity index (χ3v) is 4.12. The average molecular weight is 295 g/mol. The summed E-state index contributed by atoms with van der Waals surface area (Å²) < 4.78 is 0. The third-order valence-electron chi connectivity index (χ3n) is 4.12. The van der Waals surface area contributed by atoms with Crippen LogP contribution in [0.3, 0.4) is 0 Å². The quantitative estimate of drug-likeness (QED) is 0.750. The summed E-state index contributed by atoms with van der Waals surface area (Å²) in [6.45, 7) is 0. The molecule has 116 valence electrons. The molecule has 0 unspecified atom stereocenters. The second-order valence-electron chi connectivity index (χ2n) is 5.63. The standard InChI is InChI=1S/C14H21N3O4/c1-17-12(18)8-7-11(16-17)13(19)15-10-6-4-2-3-5-9(10)14(20)21/h9-10H,2-8H2,1H3,(H,15,19)(H,20,21)/t9-,10+/m1/s1. The van der Waals surface area contributed by atoms with Gasteiger partial charge in [0.25, 0.3) is 5.91 Å². The van der Waals surface area contributed by atoms with Crippen LogP contribution in [0.1, 0.15) is 44.9 Å². The fourth-order valence-corrected chi connectivity index (χ4v) is 2.86. The number of rotatable bonds is 3.